The summed E-state index contributed by atoms with van der Waals surface area (Å²) in [5.74, 6) is 0. The summed E-state index contributed by atoms with van der Waals surface area (Å²) in [6.07, 6.45) is 3.68. The molecule has 0 amide bonds. The molecule has 0 aliphatic carbocycles. The molecular weight excluding hydrogens is 164 g/mol. The van der Waals surface area contributed by atoms with Gasteiger partial charge in [0.05, 0.1) is 23.0 Å². The fourth-order valence-electron chi connectivity index (χ4n) is 1.19. The molecule has 0 fully saturated rings. The Labute approximate surface area is 75.4 Å². The minimum absolute atomic E-state index is 0.860. The Morgan fingerprint density at radius 1 is 1.54 bits per heavy atom. The number of hydrogen-bond donors (Lipinski definition) is 1. The zero-order valence-corrected chi connectivity index (χ0v) is 7.15. The highest BCUT2D eigenvalue weighted by atomic mass is 15.1. The van der Waals surface area contributed by atoms with Crippen molar-refractivity contribution in [1.29, 1.82) is 5.26 Å². The molecule has 0 unspecified atom stereocenters. The quantitative estimate of drug-likeness (QED) is 0.523. The van der Waals surface area contributed by atoms with Crippen LogP contribution in [0.15, 0.2) is 24.5 Å². The molecule has 0 bridgehead atoms. The van der Waals surface area contributed by atoms with Crippen molar-refractivity contribution in [3.05, 3.63) is 24.5 Å². The van der Waals surface area contributed by atoms with E-state index >= 15 is 0 Å². The minimum Gasteiger partial charge on any atom is -0.345 e. The molecule has 0 radical (unpaired) electrons. The Balaban J connectivity index is 2.55. The van der Waals surface area contributed by atoms with Crippen LogP contribution in [0.1, 0.15) is 0 Å². The lowest BCUT2D eigenvalue weighted by Gasteiger charge is -2.07. The molecule has 2 rings (SSSR count). The normalized spacial score (nSPS) is 9.85. The van der Waals surface area contributed by atoms with Crippen molar-refractivity contribution in [2.45, 2.75) is 0 Å². The van der Waals surface area contributed by atoms with Crippen LogP contribution in [-0.4, -0.2) is 17.0 Å². The molecule has 2 aromatic rings. The predicted molar refractivity (Wildman–Crippen MR) is 50.1 cm³/mol. The summed E-state index contributed by atoms with van der Waals surface area (Å²) < 4.78 is 0. The van der Waals surface area contributed by atoms with Gasteiger partial charge in [-0.3, -0.25) is 4.90 Å². The number of H-pyrrole nitrogens is 1. The molecule has 13 heavy (non-hydrogen) atoms. The highest BCUT2D eigenvalue weighted by Crippen LogP contribution is 2.17. The van der Waals surface area contributed by atoms with Crippen LogP contribution in [0.3, 0.4) is 0 Å². The monoisotopic (exact) mass is 172 g/mol. The van der Waals surface area contributed by atoms with Crippen molar-refractivity contribution in [2.75, 3.05) is 11.9 Å². The highest BCUT2D eigenvalue weighted by molar-refractivity contribution is 5.79. The first-order valence-electron chi connectivity index (χ1n) is 3.88. The highest BCUT2D eigenvalue weighted by Gasteiger charge is 2.01. The van der Waals surface area contributed by atoms with E-state index in [4.69, 9.17) is 5.26 Å². The number of anilines is 1. The third-order valence-electron chi connectivity index (χ3n) is 1.94. The van der Waals surface area contributed by atoms with Crippen LogP contribution in [0.25, 0.3) is 11.0 Å². The molecule has 0 spiro atoms. The van der Waals surface area contributed by atoms with Gasteiger partial charge >= 0.3 is 0 Å². The van der Waals surface area contributed by atoms with Gasteiger partial charge < -0.3 is 4.98 Å². The fraction of sp³-hybridized carbons (Fsp3) is 0.111. The maximum atomic E-state index is 8.66. The molecule has 1 heterocycles. The first-order valence-corrected chi connectivity index (χ1v) is 3.88. The number of imidazole rings is 1. The molecule has 0 aliphatic heterocycles. The van der Waals surface area contributed by atoms with Gasteiger partial charge in [-0.1, -0.05) is 0 Å². The van der Waals surface area contributed by atoms with Crippen molar-refractivity contribution >= 4 is 16.7 Å². The van der Waals surface area contributed by atoms with E-state index in [1.807, 2.05) is 24.4 Å². The van der Waals surface area contributed by atoms with E-state index in [0.29, 0.717) is 0 Å². The van der Waals surface area contributed by atoms with Gasteiger partial charge in [-0.15, -0.1) is 0 Å². The standard InChI is InChI=1S/C9H8N4/c1-13(5-10)7-2-3-8-9(4-7)12-6-11-8/h2-4,6H,1H3,(H,11,12). The molecule has 0 atom stereocenters. The van der Waals surface area contributed by atoms with Gasteiger partial charge in [0.1, 0.15) is 0 Å². The third-order valence-corrected chi connectivity index (χ3v) is 1.94. The maximum absolute atomic E-state index is 8.66. The molecule has 4 heteroatoms. The summed E-state index contributed by atoms with van der Waals surface area (Å²) in [4.78, 5) is 8.58. The lowest BCUT2D eigenvalue weighted by atomic mass is 10.2. The van der Waals surface area contributed by atoms with Gasteiger partial charge in [-0.2, -0.15) is 5.26 Å². The Hall–Kier alpha value is -2.02. The van der Waals surface area contributed by atoms with E-state index in [2.05, 4.69) is 9.97 Å². The fourth-order valence-corrected chi connectivity index (χ4v) is 1.19. The zero-order valence-electron chi connectivity index (χ0n) is 7.15. The van der Waals surface area contributed by atoms with Crippen LogP contribution < -0.4 is 4.90 Å². The Morgan fingerprint density at radius 3 is 3.15 bits per heavy atom. The average Bonchev–Trinajstić information content (AvgIpc) is 2.63. The summed E-state index contributed by atoms with van der Waals surface area (Å²) in [5.41, 5.74) is 2.72. The molecule has 1 N–H and O–H groups in total. The van der Waals surface area contributed by atoms with Gasteiger partial charge in [-0.25, -0.2) is 4.98 Å². The number of hydrogen-bond acceptors (Lipinski definition) is 3. The Kier molecular flexibility index (Phi) is 1.64. The van der Waals surface area contributed by atoms with Gasteiger partial charge in [0, 0.05) is 7.05 Å². The molecular formula is C9H8N4. The van der Waals surface area contributed by atoms with Gasteiger partial charge in [0.2, 0.25) is 0 Å². The number of nitrogens with one attached hydrogen (secondary N) is 1. The molecule has 4 nitrogen and oxygen atoms in total. The summed E-state index contributed by atoms with van der Waals surface area (Å²) in [5, 5.41) is 8.66. The van der Waals surface area contributed by atoms with E-state index in [0.717, 1.165) is 16.7 Å². The van der Waals surface area contributed by atoms with E-state index in [-0.39, 0.29) is 0 Å². The van der Waals surface area contributed by atoms with E-state index in [1.54, 1.807) is 13.4 Å². The largest absolute Gasteiger partial charge is 0.345 e. The summed E-state index contributed by atoms with van der Waals surface area (Å²) in [6, 6.07) is 5.65. The Morgan fingerprint density at radius 2 is 2.38 bits per heavy atom. The number of rotatable bonds is 1. The summed E-state index contributed by atoms with van der Waals surface area (Å²) in [6.45, 7) is 0. The van der Waals surface area contributed by atoms with Crippen LogP contribution in [0.5, 0.6) is 0 Å². The SMILES string of the molecule is CN(C#N)c1ccc2nc[nH]c2c1. The van der Waals surface area contributed by atoms with Crippen molar-refractivity contribution in [3.63, 3.8) is 0 Å². The van der Waals surface area contributed by atoms with Crippen molar-refractivity contribution in [3.8, 4) is 6.19 Å². The molecule has 1 aromatic carbocycles. The number of aromatic nitrogens is 2. The zero-order chi connectivity index (χ0) is 9.26. The smallest absolute Gasteiger partial charge is 0.183 e. The van der Waals surface area contributed by atoms with Crippen LogP contribution in [0.2, 0.25) is 0 Å². The first kappa shape index (κ1) is 7.62. The predicted octanol–water partition coefficient (Wildman–Crippen LogP) is 1.48. The number of fused-ring (bicyclic) bond motifs is 1. The van der Waals surface area contributed by atoms with Crippen molar-refractivity contribution in [2.24, 2.45) is 0 Å². The number of benzene rings is 1. The molecule has 0 saturated carbocycles. The number of aromatic amines is 1. The van der Waals surface area contributed by atoms with E-state index < -0.39 is 0 Å². The van der Waals surface area contributed by atoms with Crippen LogP contribution in [-0.2, 0) is 0 Å². The summed E-state index contributed by atoms with van der Waals surface area (Å²) >= 11 is 0. The van der Waals surface area contributed by atoms with Gasteiger partial charge in [0.15, 0.2) is 6.19 Å². The average molecular weight is 172 g/mol. The molecule has 1 aromatic heterocycles. The van der Waals surface area contributed by atoms with Crippen molar-refractivity contribution < 1.29 is 0 Å². The van der Waals surface area contributed by atoms with Crippen LogP contribution >= 0.6 is 0 Å². The molecule has 0 saturated heterocycles. The number of nitrogens with zero attached hydrogens (tertiary/aromatic N) is 3. The maximum Gasteiger partial charge on any atom is 0.183 e. The van der Waals surface area contributed by atoms with Crippen LogP contribution in [0, 0.1) is 11.5 Å². The summed E-state index contributed by atoms with van der Waals surface area (Å²) in [7, 11) is 1.72. The second-order valence-corrected chi connectivity index (χ2v) is 2.76. The second kappa shape index (κ2) is 2.79. The lowest BCUT2D eigenvalue weighted by Crippen LogP contribution is -2.07. The van der Waals surface area contributed by atoms with Crippen LogP contribution in [0.4, 0.5) is 5.69 Å². The third kappa shape index (κ3) is 1.20. The molecule has 0 aliphatic rings. The second-order valence-electron chi connectivity index (χ2n) is 2.76. The Bertz CT molecular complexity index is 466. The lowest BCUT2D eigenvalue weighted by molar-refractivity contribution is 1.21. The van der Waals surface area contributed by atoms with E-state index in [9.17, 15) is 0 Å². The van der Waals surface area contributed by atoms with Crippen molar-refractivity contribution in [1.82, 2.24) is 9.97 Å². The van der Waals surface area contributed by atoms with E-state index in [1.165, 1.54) is 4.90 Å². The van der Waals surface area contributed by atoms with Gasteiger partial charge in [-0.05, 0) is 18.2 Å². The minimum atomic E-state index is 0.860. The topological polar surface area (TPSA) is 55.7 Å². The molecule has 64 valence electrons. The van der Waals surface area contributed by atoms with Gasteiger partial charge in [0.25, 0.3) is 0 Å². The first-order chi connectivity index (χ1) is 6.31. The number of nitriles is 1.